The summed E-state index contributed by atoms with van der Waals surface area (Å²) in [4.78, 5) is 21.0. The van der Waals surface area contributed by atoms with E-state index in [1.807, 2.05) is 42.1 Å². The number of benzene rings is 2. The molecule has 2 aromatic heterocycles. The molecule has 27 heavy (non-hydrogen) atoms. The second kappa shape index (κ2) is 7.31. The van der Waals surface area contributed by atoms with Crippen LogP contribution in [0, 0.1) is 0 Å². The van der Waals surface area contributed by atoms with Crippen LogP contribution in [-0.2, 0) is 7.05 Å². The molecule has 0 aliphatic rings. The van der Waals surface area contributed by atoms with E-state index < -0.39 is 0 Å². The van der Waals surface area contributed by atoms with Crippen LogP contribution in [0.2, 0.25) is 10.0 Å². The minimum Gasteiger partial charge on any atom is -0.349 e. The Morgan fingerprint density at radius 3 is 2.67 bits per heavy atom. The van der Waals surface area contributed by atoms with Gasteiger partial charge in [0, 0.05) is 45.9 Å². The first-order valence-corrected chi connectivity index (χ1v) is 9.62. The number of hydrogen-bond acceptors (Lipinski definition) is 3. The number of nitrogens with one attached hydrogen (secondary N) is 2. The Balaban J connectivity index is 1.51. The molecule has 5 nitrogen and oxygen atoms in total. The summed E-state index contributed by atoms with van der Waals surface area (Å²) < 4.78 is 1.95. The minimum absolute atomic E-state index is 0.306. The smallest absolute Gasteiger partial charge is 0.273 e. The molecule has 2 aromatic carbocycles. The molecule has 0 aliphatic carbocycles. The van der Waals surface area contributed by atoms with Crippen molar-refractivity contribution < 1.29 is 4.79 Å². The van der Waals surface area contributed by atoms with Gasteiger partial charge in [0.1, 0.15) is 5.69 Å². The molecular formula is C19H14Cl2N4OS. The van der Waals surface area contributed by atoms with E-state index in [0.717, 1.165) is 21.0 Å². The Bertz CT molecular complexity index is 1130. The highest BCUT2D eigenvalue weighted by molar-refractivity contribution is 7.99. The van der Waals surface area contributed by atoms with Crippen LogP contribution >= 0.6 is 35.0 Å². The normalized spacial score (nSPS) is 11.1. The highest BCUT2D eigenvalue weighted by Crippen LogP contribution is 2.31. The predicted octanol–water partition coefficient (Wildman–Crippen LogP) is 5.61. The van der Waals surface area contributed by atoms with Gasteiger partial charge in [-0.1, -0.05) is 35.0 Å². The van der Waals surface area contributed by atoms with E-state index in [-0.39, 0.29) is 5.91 Å². The maximum Gasteiger partial charge on any atom is 0.273 e. The average Bonchev–Trinajstić information content (AvgIpc) is 3.20. The van der Waals surface area contributed by atoms with Gasteiger partial charge in [0.15, 0.2) is 5.16 Å². The molecule has 8 heteroatoms. The van der Waals surface area contributed by atoms with Gasteiger partial charge in [0.25, 0.3) is 5.91 Å². The highest BCUT2D eigenvalue weighted by atomic mass is 35.5. The maximum atomic E-state index is 12.6. The monoisotopic (exact) mass is 416 g/mol. The van der Waals surface area contributed by atoms with Crippen molar-refractivity contribution in [3.63, 3.8) is 0 Å². The summed E-state index contributed by atoms with van der Waals surface area (Å²) in [6.07, 6.45) is 3.66. The van der Waals surface area contributed by atoms with Gasteiger partial charge < -0.3 is 14.9 Å². The lowest BCUT2D eigenvalue weighted by atomic mass is 10.2. The Morgan fingerprint density at radius 1 is 1.19 bits per heavy atom. The molecule has 0 fully saturated rings. The number of halogens is 2. The van der Waals surface area contributed by atoms with Gasteiger partial charge in [-0.05, 0) is 42.5 Å². The number of carbonyl (C=O) groups is 1. The zero-order valence-electron chi connectivity index (χ0n) is 14.2. The van der Waals surface area contributed by atoms with Gasteiger partial charge in [-0.25, -0.2) is 4.98 Å². The van der Waals surface area contributed by atoms with Crippen molar-refractivity contribution in [2.75, 3.05) is 5.32 Å². The van der Waals surface area contributed by atoms with Crippen LogP contribution in [0.1, 0.15) is 10.5 Å². The number of fused-ring (bicyclic) bond motifs is 1. The Kier molecular flexibility index (Phi) is 4.86. The number of rotatable bonds is 4. The Morgan fingerprint density at radius 2 is 1.96 bits per heavy atom. The lowest BCUT2D eigenvalue weighted by molar-refractivity contribution is 0.102. The number of hydrogen-bond donors (Lipinski definition) is 2. The van der Waals surface area contributed by atoms with Crippen LogP contribution in [0.5, 0.6) is 0 Å². The number of H-pyrrole nitrogens is 1. The molecule has 136 valence electrons. The summed E-state index contributed by atoms with van der Waals surface area (Å²) in [5.74, 6) is -0.308. The summed E-state index contributed by atoms with van der Waals surface area (Å²) in [5, 5.41) is 5.39. The SMILES string of the molecule is Cn1ccnc1Sc1ccc(NC(=O)c2[nH]c3ccc(Cl)cc3c2Cl)cc1. The molecule has 4 aromatic rings. The largest absolute Gasteiger partial charge is 0.349 e. The number of imidazole rings is 1. The van der Waals surface area contributed by atoms with Crippen molar-refractivity contribution in [2.24, 2.45) is 7.05 Å². The van der Waals surface area contributed by atoms with Crippen LogP contribution in [0.3, 0.4) is 0 Å². The topological polar surface area (TPSA) is 62.7 Å². The summed E-state index contributed by atoms with van der Waals surface area (Å²) in [7, 11) is 1.95. The maximum absolute atomic E-state index is 12.6. The molecule has 0 radical (unpaired) electrons. The van der Waals surface area contributed by atoms with Gasteiger partial charge in [0.2, 0.25) is 0 Å². The number of carbonyl (C=O) groups excluding carboxylic acids is 1. The molecule has 2 heterocycles. The first kappa shape index (κ1) is 18.0. The molecule has 0 saturated carbocycles. The molecular weight excluding hydrogens is 403 g/mol. The first-order chi connectivity index (χ1) is 13.0. The third-order valence-electron chi connectivity index (χ3n) is 4.02. The van der Waals surface area contributed by atoms with Crippen LogP contribution in [-0.4, -0.2) is 20.4 Å². The number of aryl methyl sites for hydroxylation is 1. The molecule has 0 spiro atoms. The zero-order chi connectivity index (χ0) is 19.0. The Hall–Kier alpha value is -2.41. The third-order valence-corrected chi connectivity index (χ3v) is 5.73. The fourth-order valence-electron chi connectivity index (χ4n) is 2.64. The molecule has 0 aliphatic heterocycles. The standard InChI is InChI=1S/C19H14Cl2N4OS/c1-25-9-8-22-19(25)27-13-5-3-12(4-6-13)23-18(26)17-16(21)14-10-11(20)2-7-15(14)24-17/h2-10,24H,1H3,(H,23,26). The van der Waals surface area contributed by atoms with E-state index in [2.05, 4.69) is 15.3 Å². The second-order valence-corrected chi connectivity index (χ2v) is 7.76. The fraction of sp³-hybridized carbons (Fsp3) is 0.0526. The molecule has 0 unspecified atom stereocenters. The van der Waals surface area contributed by atoms with E-state index in [4.69, 9.17) is 23.2 Å². The fourth-order valence-corrected chi connectivity index (χ4v) is 3.91. The quantitative estimate of drug-likeness (QED) is 0.454. The van der Waals surface area contributed by atoms with Crippen LogP contribution in [0.4, 0.5) is 5.69 Å². The van der Waals surface area contributed by atoms with Gasteiger partial charge in [-0.15, -0.1) is 0 Å². The highest BCUT2D eigenvalue weighted by Gasteiger charge is 2.17. The van der Waals surface area contributed by atoms with Crippen molar-refractivity contribution in [1.82, 2.24) is 14.5 Å². The second-order valence-electron chi connectivity index (χ2n) is 5.91. The van der Waals surface area contributed by atoms with E-state index in [1.165, 1.54) is 0 Å². The molecule has 0 atom stereocenters. The lowest BCUT2D eigenvalue weighted by Crippen LogP contribution is -2.12. The summed E-state index contributed by atoms with van der Waals surface area (Å²) >= 11 is 13.9. The van der Waals surface area contributed by atoms with Gasteiger partial charge in [-0.2, -0.15) is 0 Å². The molecule has 1 amide bonds. The molecule has 0 bridgehead atoms. The van der Waals surface area contributed by atoms with Gasteiger partial charge in [-0.3, -0.25) is 4.79 Å². The molecule has 0 saturated heterocycles. The number of anilines is 1. The third kappa shape index (κ3) is 3.69. The Labute approximate surface area is 169 Å². The number of aromatic amines is 1. The minimum atomic E-state index is -0.308. The molecule has 4 rings (SSSR count). The lowest BCUT2D eigenvalue weighted by Gasteiger charge is -2.06. The van der Waals surface area contributed by atoms with E-state index in [9.17, 15) is 4.79 Å². The van der Waals surface area contributed by atoms with Crippen molar-refractivity contribution in [2.45, 2.75) is 10.1 Å². The van der Waals surface area contributed by atoms with Crippen molar-refractivity contribution >= 4 is 57.5 Å². The van der Waals surface area contributed by atoms with E-state index in [1.54, 1.807) is 36.2 Å². The van der Waals surface area contributed by atoms with Crippen LogP contribution < -0.4 is 5.32 Å². The van der Waals surface area contributed by atoms with Gasteiger partial charge >= 0.3 is 0 Å². The summed E-state index contributed by atoms with van der Waals surface area (Å²) in [6, 6.07) is 12.8. The molecule has 2 N–H and O–H groups in total. The van der Waals surface area contributed by atoms with E-state index >= 15 is 0 Å². The zero-order valence-corrected chi connectivity index (χ0v) is 16.5. The number of nitrogens with zero attached hydrogens (tertiary/aromatic N) is 2. The number of amides is 1. The van der Waals surface area contributed by atoms with Crippen molar-refractivity contribution in [1.29, 1.82) is 0 Å². The van der Waals surface area contributed by atoms with Crippen molar-refractivity contribution in [3.8, 4) is 0 Å². The van der Waals surface area contributed by atoms with Gasteiger partial charge in [0.05, 0.1) is 5.02 Å². The van der Waals surface area contributed by atoms with Crippen LogP contribution in [0.25, 0.3) is 10.9 Å². The van der Waals surface area contributed by atoms with Crippen LogP contribution in [0.15, 0.2) is 64.9 Å². The average molecular weight is 417 g/mol. The predicted molar refractivity (Wildman–Crippen MR) is 110 cm³/mol. The number of aromatic nitrogens is 3. The first-order valence-electron chi connectivity index (χ1n) is 8.04. The summed E-state index contributed by atoms with van der Waals surface area (Å²) in [5.41, 5.74) is 1.74. The van der Waals surface area contributed by atoms with Crippen molar-refractivity contribution in [3.05, 3.63) is 70.6 Å². The van der Waals surface area contributed by atoms with E-state index in [0.29, 0.717) is 21.4 Å². The summed E-state index contributed by atoms with van der Waals surface area (Å²) in [6.45, 7) is 0.